The van der Waals surface area contributed by atoms with Crippen LogP contribution in [0.4, 0.5) is 0 Å². The fraction of sp³-hybridized carbons (Fsp3) is 0.269. The predicted molar refractivity (Wildman–Crippen MR) is 130 cm³/mol. The molecule has 4 nitrogen and oxygen atoms in total. The van der Waals surface area contributed by atoms with Crippen molar-refractivity contribution in [1.29, 1.82) is 0 Å². The van der Waals surface area contributed by atoms with Crippen molar-refractivity contribution in [2.45, 2.75) is 17.4 Å². The Hall–Kier alpha value is -2.53. The van der Waals surface area contributed by atoms with Crippen LogP contribution in [-0.4, -0.2) is 44.2 Å². The van der Waals surface area contributed by atoms with Gasteiger partial charge < -0.3 is 14.4 Å². The van der Waals surface area contributed by atoms with E-state index in [1.807, 2.05) is 79.7 Å². The number of benzene rings is 3. The van der Waals surface area contributed by atoms with Crippen LogP contribution in [0, 0.1) is 0 Å². The Kier molecular flexibility index (Phi) is 7.83. The van der Waals surface area contributed by atoms with Gasteiger partial charge in [0.2, 0.25) is 0 Å². The summed E-state index contributed by atoms with van der Waals surface area (Å²) in [5.74, 6) is 0.279. The Morgan fingerprint density at radius 2 is 1.53 bits per heavy atom. The lowest BCUT2D eigenvalue weighted by Gasteiger charge is -2.35. The fourth-order valence-electron chi connectivity index (χ4n) is 4.54. The van der Waals surface area contributed by atoms with E-state index >= 15 is 0 Å². The molecule has 3 atom stereocenters. The smallest absolute Gasteiger partial charge is 0.319 e. The number of carbonyl (C=O) groups excluding carboxylic acids is 1. The SMILES string of the molecule is CN(C)CC1(c2ccccc2)C(=O)OC(COc2ccc(Cl)cc2)C1c1ccccc1.Cl. The molecule has 0 amide bonds. The normalized spacial score (nSPS) is 22.3. The first kappa shape index (κ1) is 24.1. The highest BCUT2D eigenvalue weighted by Crippen LogP contribution is 2.49. The minimum atomic E-state index is -0.833. The Balaban J connectivity index is 0.00000289. The van der Waals surface area contributed by atoms with E-state index in [0.29, 0.717) is 17.3 Å². The summed E-state index contributed by atoms with van der Waals surface area (Å²) in [7, 11) is 3.97. The first-order valence-electron chi connectivity index (χ1n) is 10.4. The lowest BCUT2D eigenvalue weighted by Crippen LogP contribution is -2.46. The van der Waals surface area contributed by atoms with Gasteiger partial charge in [0.15, 0.2) is 0 Å². The average molecular weight is 472 g/mol. The summed E-state index contributed by atoms with van der Waals surface area (Å²) in [6.45, 7) is 0.793. The number of rotatable bonds is 7. The topological polar surface area (TPSA) is 38.8 Å². The molecule has 1 heterocycles. The number of carbonyl (C=O) groups is 1. The summed E-state index contributed by atoms with van der Waals surface area (Å²) in [5, 5.41) is 0.649. The molecule has 0 bridgehead atoms. The van der Waals surface area contributed by atoms with Crippen molar-refractivity contribution in [1.82, 2.24) is 4.90 Å². The molecule has 32 heavy (non-hydrogen) atoms. The largest absolute Gasteiger partial charge is 0.490 e. The van der Waals surface area contributed by atoms with Crippen molar-refractivity contribution in [3.63, 3.8) is 0 Å². The van der Waals surface area contributed by atoms with E-state index in [9.17, 15) is 4.79 Å². The number of hydrogen-bond acceptors (Lipinski definition) is 4. The van der Waals surface area contributed by atoms with Crippen LogP contribution in [0.5, 0.6) is 5.75 Å². The maximum atomic E-state index is 13.6. The molecule has 4 rings (SSSR count). The van der Waals surface area contributed by atoms with Gasteiger partial charge in [-0.3, -0.25) is 4.79 Å². The average Bonchev–Trinajstić information content (AvgIpc) is 3.06. The summed E-state index contributed by atoms with van der Waals surface area (Å²) in [4.78, 5) is 15.6. The van der Waals surface area contributed by atoms with Gasteiger partial charge in [0.05, 0.1) is 0 Å². The Bertz CT molecular complexity index is 1010. The Morgan fingerprint density at radius 1 is 0.938 bits per heavy atom. The molecule has 0 aliphatic carbocycles. The minimum absolute atomic E-state index is 0. The number of cyclic esters (lactones) is 1. The first-order valence-corrected chi connectivity index (χ1v) is 10.7. The van der Waals surface area contributed by atoms with Crippen molar-refractivity contribution in [3.8, 4) is 5.75 Å². The van der Waals surface area contributed by atoms with Crippen molar-refractivity contribution in [2.75, 3.05) is 27.2 Å². The van der Waals surface area contributed by atoms with Gasteiger partial charge in [-0.05, 0) is 49.5 Å². The second-order valence-electron chi connectivity index (χ2n) is 8.17. The van der Waals surface area contributed by atoms with Gasteiger partial charge in [-0.1, -0.05) is 72.3 Å². The summed E-state index contributed by atoms with van der Waals surface area (Å²) in [5.41, 5.74) is 1.18. The molecule has 1 fully saturated rings. The third-order valence-electron chi connectivity index (χ3n) is 5.77. The second kappa shape index (κ2) is 10.4. The van der Waals surface area contributed by atoms with Gasteiger partial charge >= 0.3 is 5.97 Å². The summed E-state index contributed by atoms with van der Waals surface area (Å²) < 4.78 is 12.1. The number of halogens is 2. The van der Waals surface area contributed by atoms with Crippen LogP contribution >= 0.6 is 24.0 Å². The predicted octanol–water partition coefficient (Wildman–Crippen LogP) is 5.35. The molecule has 0 spiro atoms. The van der Waals surface area contributed by atoms with Crippen molar-refractivity contribution in [2.24, 2.45) is 0 Å². The highest BCUT2D eigenvalue weighted by Gasteiger charge is 2.59. The highest BCUT2D eigenvalue weighted by atomic mass is 35.5. The van der Waals surface area contributed by atoms with E-state index in [1.54, 1.807) is 12.1 Å². The lowest BCUT2D eigenvalue weighted by atomic mass is 9.67. The van der Waals surface area contributed by atoms with Crippen molar-refractivity contribution >= 4 is 30.0 Å². The summed E-state index contributed by atoms with van der Waals surface area (Å²) in [6, 6.07) is 27.3. The monoisotopic (exact) mass is 471 g/mol. The number of likely N-dealkylation sites (N-methyl/N-ethyl adjacent to an activating group) is 1. The molecule has 0 saturated carbocycles. The minimum Gasteiger partial charge on any atom is -0.490 e. The zero-order chi connectivity index (χ0) is 21.8. The molecule has 3 aromatic rings. The number of hydrogen-bond donors (Lipinski definition) is 0. The van der Waals surface area contributed by atoms with Gasteiger partial charge in [-0.25, -0.2) is 0 Å². The van der Waals surface area contributed by atoms with Crippen LogP contribution < -0.4 is 4.74 Å². The third kappa shape index (κ3) is 4.78. The molecule has 0 radical (unpaired) electrons. The van der Waals surface area contributed by atoms with Crippen molar-refractivity contribution in [3.05, 3.63) is 101 Å². The Labute approximate surface area is 200 Å². The van der Waals surface area contributed by atoms with Crippen LogP contribution in [0.15, 0.2) is 84.9 Å². The maximum absolute atomic E-state index is 13.6. The first-order chi connectivity index (χ1) is 15.0. The number of ether oxygens (including phenoxy) is 2. The lowest BCUT2D eigenvalue weighted by molar-refractivity contribution is -0.146. The van der Waals surface area contributed by atoms with Gasteiger partial charge in [-0.2, -0.15) is 0 Å². The van der Waals surface area contributed by atoms with Gasteiger partial charge in [0.25, 0.3) is 0 Å². The molecule has 1 saturated heterocycles. The number of nitrogens with zero attached hydrogens (tertiary/aromatic N) is 1. The molecule has 0 N–H and O–H groups in total. The maximum Gasteiger partial charge on any atom is 0.319 e. The van der Waals surface area contributed by atoms with Crippen LogP contribution in [-0.2, 0) is 14.9 Å². The quantitative estimate of drug-likeness (QED) is 0.435. The molecule has 1 aliphatic rings. The van der Waals surface area contributed by atoms with E-state index in [0.717, 1.165) is 11.1 Å². The van der Waals surface area contributed by atoms with Crippen LogP contribution in [0.25, 0.3) is 0 Å². The zero-order valence-corrected chi connectivity index (χ0v) is 19.7. The summed E-state index contributed by atoms with van der Waals surface area (Å²) in [6.07, 6.45) is -0.425. The molecular weight excluding hydrogens is 445 g/mol. The number of esters is 1. The fourth-order valence-corrected chi connectivity index (χ4v) is 4.67. The van der Waals surface area contributed by atoms with Crippen LogP contribution in [0.2, 0.25) is 5.02 Å². The molecule has 168 valence electrons. The second-order valence-corrected chi connectivity index (χ2v) is 8.61. The van der Waals surface area contributed by atoms with E-state index in [1.165, 1.54) is 0 Å². The molecule has 1 aliphatic heterocycles. The van der Waals surface area contributed by atoms with E-state index in [-0.39, 0.29) is 30.9 Å². The third-order valence-corrected chi connectivity index (χ3v) is 6.02. The van der Waals surface area contributed by atoms with Crippen LogP contribution in [0.3, 0.4) is 0 Å². The van der Waals surface area contributed by atoms with E-state index in [4.69, 9.17) is 21.1 Å². The van der Waals surface area contributed by atoms with Gasteiger partial charge in [0.1, 0.15) is 23.9 Å². The van der Waals surface area contributed by atoms with Crippen molar-refractivity contribution < 1.29 is 14.3 Å². The molecule has 3 unspecified atom stereocenters. The standard InChI is InChI=1S/C26H26ClNO3.ClH/c1-28(2)18-26(20-11-7-4-8-12-20)24(19-9-5-3-6-10-19)23(31-25(26)29)17-30-22-15-13-21(27)14-16-22;/h3-16,23-24H,17-18H2,1-2H3;1H. The molecular formula is C26H27Cl2NO3. The molecule has 6 heteroatoms. The molecule has 3 aromatic carbocycles. The van der Waals surface area contributed by atoms with E-state index < -0.39 is 11.5 Å². The zero-order valence-electron chi connectivity index (χ0n) is 18.1. The summed E-state index contributed by atoms with van der Waals surface area (Å²) >= 11 is 5.99. The molecule has 0 aromatic heterocycles. The van der Waals surface area contributed by atoms with Gasteiger partial charge in [0, 0.05) is 17.5 Å². The van der Waals surface area contributed by atoms with Crippen LogP contribution in [0.1, 0.15) is 17.0 Å². The van der Waals surface area contributed by atoms with Gasteiger partial charge in [-0.15, -0.1) is 12.4 Å². The Morgan fingerprint density at radius 3 is 2.12 bits per heavy atom. The van der Waals surface area contributed by atoms with E-state index in [2.05, 4.69) is 12.1 Å². The highest BCUT2D eigenvalue weighted by molar-refractivity contribution is 6.30.